The molecular formula is C14H21N5O4. The molecule has 23 heavy (non-hydrogen) atoms. The summed E-state index contributed by atoms with van der Waals surface area (Å²) in [7, 11) is 0. The van der Waals surface area contributed by atoms with Crippen LogP contribution in [0.4, 0.5) is 5.82 Å². The quantitative estimate of drug-likeness (QED) is 0.433. The fraction of sp³-hybridized carbons (Fsp3) is 0.571. The number of rotatable bonds is 7. The van der Waals surface area contributed by atoms with Gasteiger partial charge in [-0.25, -0.2) is 4.98 Å². The van der Waals surface area contributed by atoms with E-state index < -0.39 is 5.09 Å². The normalized spacial score (nSPS) is 15.3. The fourth-order valence-corrected chi connectivity index (χ4v) is 2.39. The summed E-state index contributed by atoms with van der Waals surface area (Å²) in [5.41, 5.74) is 0.419. The summed E-state index contributed by atoms with van der Waals surface area (Å²) in [5.74, 6) is 0.529. The van der Waals surface area contributed by atoms with E-state index in [2.05, 4.69) is 31.9 Å². The van der Waals surface area contributed by atoms with Crippen LogP contribution in [0.25, 0.3) is 0 Å². The first-order valence-electron chi connectivity index (χ1n) is 7.59. The molecule has 0 atom stereocenters. The van der Waals surface area contributed by atoms with Crippen LogP contribution in [-0.4, -0.2) is 66.8 Å². The Morgan fingerprint density at radius 1 is 1.39 bits per heavy atom. The minimum Gasteiger partial charge on any atom is -0.354 e. The number of carbonyl (C=O) groups is 1. The van der Waals surface area contributed by atoms with E-state index in [-0.39, 0.29) is 19.1 Å². The molecule has 0 aliphatic carbocycles. The molecule has 1 aliphatic rings. The van der Waals surface area contributed by atoms with E-state index in [1.807, 2.05) is 6.07 Å². The van der Waals surface area contributed by atoms with Gasteiger partial charge in [-0.15, -0.1) is 10.1 Å². The third-order valence-corrected chi connectivity index (χ3v) is 3.74. The van der Waals surface area contributed by atoms with Crippen molar-refractivity contribution in [3.63, 3.8) is 0 Å². The molecule has 0 radical (unpaired) electrons. The first-order valence-corrected chi connectivity index (χ1v) is 7.59. The van der Waals surface area contributed by atoms with Crippen molar-refractivity contribution in [1.29, 1.82) is 0 Å². The number of hydrogen-bond donors (Lipinski definition) is 1. The third kappa shape index (κ3) is 5.06. The lowest BCUT2D eigenvalue weighted by atomic mass is 10.2. The number of likely N-dealkylation sites (N-methyl/N-ethyl adjacent to an activating group) is 1. The average molecular weight is 323 g/mol. The van der Waals surface area contributed by atoms with Gasteiger partial charge in [-0.3, -0.25) is 4.79 Å². The Bertz CT molecular complexity index is 528. The number of carbonyl (C=O) groups excluding carboxylic acids is 1. The first kappa shape index (κ1) is 16.9. The van der Waals surface area contributed by atoms with Crippen molar-refractivity contribution >= 4 is 11.7 Å². The molecule has 1 amide bonds. The molecule has 0 unspecified atom stereocenters. The van der Waals surface area contributed by atoms with Crippen molar-refractivity contribution in [2.75, 3.05) is 50.8 Å². The van der Waals surface area contributed by atoms with Crippen molar-refractivity contribution < 1.29 is 14.7 Å². The van der Waals surface area contributed by atoms with Crippen LogP contribution < -0.4 is 10.2 Å². The van der Waals surface area contributed by atoms with E-state index in [0.29, 0.717) is 5.56 Å². The molecule has 1 aliphatic heterocycles. The molecule has 1 saturated heterocycles. The monoisotopic (exact) mass is 323 g/mol. The standard InChI is InChI=1S/C14H21N5O4/c1-2-17-6-8-18(9-7-17)13-4-3-12(11-16-13)14(20)15-5-10-23-19(21)22/h3-4,11H,2,5-10H2,1H3,(H,15,20). The second kappa shape index (κ2) is 8.28. The molecule has 0 saturated carbocycles. The number of nitrogens with zero attached hydrogens (tertiary/aromatic N) is 4. The van der Waals surface area contributed by atoms with Crippen LogP contribution in [0.1, 0.15) is 17.3 Å². The SMILES string of the molecule is CCN1CCN(c2ccc(C(=O)NCCO[N+](=O)[O-])cn2)CC1. The van der Waals surface area contributed by atoms with Crippen molar-refractivity contribution in [1.82, 2.24) is 15.2 Å². The number of aromatic nitrogens is 1. The Labute approximate surface area is 134 Å². The Morgan fingerprint density at radius 3 is 2.70 bits per heavy atom. The number of anilines is 1. The highest BCUT2D eigenvalue weighted by Crippen LogP contribution is 2.14. The number of piperazine rings is 1. The highest BCUT2D eigenvalue weighted by atomic mass is 16.9. The topological polar surface area (TPSA) is 101 Å². The van der Waals surface area contributed by atoms with E-state index in [1.54, 1.807) is 6.07 Å². The van der Waals surface area contributed by atoms with Crippen molar-refractivity contribution in [2.45, 2.75) is 6.92 Å². The van der Waals surface area contributed by atoms with Crippen LogP contribution in [0.3, 0.4) is 0 Å². The zero-order valence-electron chi connectivity index (χ0n) is 13.1. The molecule has 1 aromatic heterocycles. The molecule has 2 heterocycles. The van der Waals surface area contributed by atoms with E-state index in [9.17, 15) is 14.9 Å². The summed E-state index contributed by atoms with van der Waals surface area (Å²) in [4.78, 5) is 34.9. The van der Waals surface area contributed by atoms with Gasteiger partial charge in [-0.2, -0.15) is 0 Å². The third-order valence-electron chi connectivity index (χ3n) is 3.74. The lowest BCUT2D eigenvalue weighted by molar-refractivity contribution is -0.757. The number of pyridine rings is 1. The van der Waals surface area contributed by atoms with Crippen molar-refractivity contribution in [3.8, 4) is 0 Å². The molecule has 126 valence electrons. The van der Waals surface area contributed by atoms with Crippen LogP contribution in [0.5, 0.6) is 0 Å². The van der Waals surface area contributed by atoms with Crippen LogP contribution in [0.15, 0.2) is 18.3 Å². The Morgan fingerprint density at radius 2 is 2.13 bits per heavy atom. The Kier molecular flexibility index (Phi) is 6.10. The Balaban J connectivity index is 1.82. The molecule has 1 N–H and O–H groups in total. The lowest BCUT2D eigenvalue weighted by Crippen LogP contribution is -2.46. The summed E-state index contributed by atoms with van der Waals surface area (Å²) in [6, 6.07) is 3.53. The molecule has 9 heteroatoms. The predicted octanol–water partition coefficient (Wildman–Crippen LogP) is 0.162. The summed E-state index contributed by atoms with van der Waals surface area (Å²) in [6.45, 7) is 6.97. The van der Waals surface area contributed by atoms with Gasteiger partial charge in [0, 0.05) is 38.9 Å². The zero-order chi connectivity index (χ0) is 16.7. The second-order valence-corrected chi connectivity index (χ2v) is 5.14. The predicted molar refractivity (Wildman–Crippen MR) is 83.8 cm³/mol. The number of nitrogens with one attached hydrogen (secondary N) is 1. The fourth-order valence-electron chi connectivity index (χ4n) is 2.39. The number of amides is 1. The maximum Gasteiger partial charge on any atom is 0.294 e. The van der Waals surface area contributed by atoms with Crippen LogP contribution >= 0.6 is 0 Å². The van der Waals surface area contributed by atoms with Crippen LogP contribution in [0, 0.1) is 10.1 Å². The highest BCUT2D eigenvalue weighted by Gasteiger charge is 2.17. The molecule has 0 spiro atoms. The molecule has 0 bridgehead atoms. The molecule has 2 rings (SSSR count). The molecule has 1 aromatic rings. The Hall–Kier alpha value is -2.42. The van der Waals surface area contributed by atoms with Gasteiger partial charge in [0.25, 0.3) is 11.0 Å². The van der Waals surface area contributed by atoms with Crippen LogP contribution in [-0.2, 0) is 4.84 Å². The summed E-state index contributed by atoms with van der Waals surface area (Å²) >= 11 is 0. The minimum absolute atomic E-state index is 0.0700. The van der Waals surface area contributed by atoms with Gasteiger partial charge in [0.15, 0.2) is 0 Å². The second-order valence-electron chi connectivity index (χ2n) is 5.14. The van der Waals surface area contributed by atoms with Gasteiger partial charge in [0.05, 0.1) is 5.56 Å². The van der Waals surface area contributed by atoms with Crippen molar-refractivity contribution in [2.24, 2.45) is 0 Å². The van der Waals surface area contributed by atoms with E-state index in [0.717, 1.165) is 38.5 Å². The summed E-state index contributed by atoms with van der Waals surface area (Å²) in [6.07, 6.45) is 1.52. The molecule has 9 nitrogen and oxygen atoms in total. The van der Waals surface area contributed by atoms with Gasteiger partial charge in [-0.1, -0.05) is 6.92 Å². The van der Waals surface area contributed by atoms with Crippen molar-refractivity contribution in [3.05, 3.63) is 34.0 Å². The largest absolute Gasteiger partial charge is 0.354 e. The van der Waals surface area contributed by atoms with E-state index in [1.165, 1.54) is 6.20 Å². The first-order chi connectivity index (χ1) is 11.1. The average Bonchev–Trinajstić information content (AvgIpc) is 2.58. The summed E-state index contributed by atoms with van der Waals surface area (Å²) < 4.78 is 0. The van der Waals surface area contributed by atoms with Gasteiger partial charge in [-0.05, 0) is 18.7 Å². The molecule has 0 aromatic carbocycles. The van der Waals surface area contributed by atoms with E-state index in [4.69, 9.17) is 0 Å². The zero-order valence-corrected chi connectivity index (χ0v) is 13.1. The minimum atomic E-state index is -0.888. The van der Waals surface area contributed by atoms with Gasteiger partial charge in [0.2, 0.25) is 0 Å². The van der Waals surface area contributed by atoms with Gasteiger partial charge >= 0.3 is 0 Å². The highest BCUT2D eigenvalue weighted by molar-refractivity contribution is 5.94. The van der Waals surface area contributed by atoms with Gasteiger partial charge in [0.1, 0.15) is 12.4 Å². The maximum absolute atomic E-state index is 11.9. The lowest BCUT2D eigenvalue weighted by Gasteiger charge is -2.34. The van der Waals surface area contributed by atoms with Crippen LogP contribution in [0.2, 0.25) is 0 Å². The van der Waals surface area contributed by atoms with E-state index >= 15 is 0 Å². The summed E-state index contributed by atoms with van der Waals surface area (Å²) in [5, 5.41) is 11.6. The maximum atomic E-state index is 11.9. The van der Waals surface area contributed by atoms with Gasteiger partial charge < -0.3 is 20.0 Å². The molecular weight excluding hydrogens is 302 g/mol. The number of hydrogen-bond acceptors (Lipinski definition) is 7. The smallest absolute Gasteiger partial charge is 0.294 e. The molecule has 1 fully saturated rings.